The Hall–Kier alpha value is -1.90. The maximum absolute atomic E-state index is 12.7. The van der Waals surface area contributed by atoms with Gasteiger partial charge in [-0.05, 0) is 25.8 Å². The Morgan fingerprint density at radius 2 is 1.50 bits per heavy atom. The van der Waals surface area contributed by atoms with E-state index in [-0.39, 0.29) is 22.9 Å². The van der Waals surface area contributed by atoms with Gasteiger partial charge in [-0.3, -0.25) is 9.59 Å². The van der Waals surface area contributed by atoms with Crippen molar-refractivity contribution in [1.29, 1.82) is 0 Å². The number of carbonyl (C=O) groups is 2. The first-order chi connectivity index (χ1) is 11.6. The van der Waals surface area contributed by atoms with Crippen molar-refractivity contribution >= 4 is 11.6 Å². The molecule has 130 valence electrons. The number of carbonyl (C=O) groups excluding carboxylic acids is 2. The number of phenols is 1. The lowest BCUT2D eigenvalue weighted by Gasteiger charge is -2.19. The zero-order chi connectivity index (χ0) is 17.5. The van der Waals surface area contributed by atoms with Crippen LogP contribution < -0.4 is 0 Å². The van der Waals surface area contributed by atoms with Crippen molar-refractivity contribution in [3.8, 4) is 5.75 Å². The van der Waals surface area contributed by atoms with Crippen LogP contribution in [0.15, 0.2) is 29.3 Å². The maximum atomic E-state index is 12.7. The van der Waals surface area contributed by atoms with Crippen molar-refractivity contribution < 1.29 is 14.7 Å². The Labute approximate surface area is 144 Å². The van der Waals surface area contributed by atoms with Crippen molar-refractivity contribution in [2.45, 2.75) is 71.6 Å². The predicted octanol–water partition coefficient (Wildman–Crippen LogP) is 5.62. The first-order valence-corrected chi connectivity index (χ1v) is 9.19. The fourth-order valence-corrected chi connectivity index (χ4v) is 3.36. The Morgan fingerprint density at radius 1 is 0.875 bits per heavy atom. The molecule has 2 rings (SSSR count). The summed E-state index contributed by atoms with van der Waals surface area (Å²) >= 11 is 0. The lowest BCUT2D eigenvalue weighted by atomic mass is 9.82. The molecule has 3 heteroatoms. The summed E-state index contributed by atoms with van der Waals surface area (Å²) in [6.45, 7) is 3.95. The molecular weight excluding hydrogens is 300 g/mol. The average molecular weight is 328 g/mol. The van der Waals surface area contributed by atoms with Crippen LogP contribution in [-0.4, -0.2) is 16.7 Å². The summed E-state index contributed by atoms with van der Waals surface area (Å²) in [5.41, 5.74) is 1.64. The van der Waals surface area contributed by atoms with Gasteiger partial charge in [-0.25, -0.2) is 0 Å². The third-order valence-corrected chi connectivity index (χ3v) is 4.86. The van der Waals surface area contributed by atoms with E-state index in [0.717, 1.165) is 12.8 Å². The molecule has 0 amide bonds. The van der Waals surface area contributed by atoms with Crippen molar-refractivity contribution in [2.75, 3.05) is 0 Å². The van der Waals surface area contributed by atoms with E-state index in [1.54, 1.807) is 19.1 Å². The fourth-order valence-electron chi connectivity index (χ4n) is 3.36. The van der Waals surface area contributed by atoms with Gasteiger partial charge in [-0.1, -0.05) is 64.0 Å². The van der Waals surface area contributed by atoms with Crippen LogP contribution in [0.1, 0.15) is 92.4 Å². The van der Waals surface area contributed by atoms with Crippen molar-refractivity contribution in [2.24, 2.45) is 0 Å². The van der Waals surface area contributed by atoms with Gasteiger partial charge in [0.1, 0.15) is 5.75 Å². The first kappa shape index (κ1) is 18.4. The molecule has 24 heavy (non-hydrogen) atoms. The topological polar surface area (TPSA) is 54.4 Å². The Kier molecular flexibility index (Phi) is 6.77. The van der Waals surface area contributed by atoms with Gasteiger partial charge >= 0.3 is 0 Å². The zero-order valence-electron chi connectivity index (χ0n) is 14.9. The van der Waals surface area contributed by atoms with E-state index < -0.39 is 0 Å². The number of unbranched alkanes of at least 4 members (excludes halogenated alkanes) is 7. The minimum atomic E-state index is -0.178. The molecule has 0 bridgehead atoms. The van der Waals surface area contributed by atoms with E-state index in [4.69, 9.17) is 0 Å². The van der Waals surface area contributed by atoms with Gasteiger partial charge < -0.3 is 5.11 Å². The lowest BCUT2D eigenvalue weighted by Crippen LogP contribution is -2.21. The second-order valence-corrected chi connectivity index (χ2v) is 6.69. The molecule has 0 saturated heterocycles. The van der Waals surface area contributed by atoms with Crippen molar-refractivity contribution in [3.63, 3.8) is 0 Å². The minimum absolute atomic E-state index is 0.0909. The largest absolute Gasteiger partial charge is 0.507 e. The summed E-state index contributed by atoms with van der Waals surface area (Å²) in [4.78, 5) is 25.1. The summed E-state index contributed by atoms with van der Waals surface area (Å²) < 4.78 is 0. The molecule has 3 nitrogen and oxygen atoms in total. The number of Topliss-reactive ketones (excluding diaryl/α,β-unsaturated/α-hetero) is 2. The van der Waals surface area contributed by atoms with Crippen LogP contribution in [0.25, 0.3) is 0 Å². The summed E-state index contributed by atoms with van der Waals surface area (Å²) in [6.07, 6.45) is 10.2. The number of rotatable bonds is 9. The van der Waals surface area contributed by atoms with E-state index in [1.165, 1.54) is 44.6 Å². The Bertz CT molecular complexity index is 640. The van der Waals surface area contributed by atoms with Gasteiger partial charge in [0.2, 0.25) is 0 Å². The third-order valence-electron chi connectivity index (χ3n) is 4.86. The molecule has 0 atom stereocenters. The summed E-state index contributed by atoms with van der Waals surface area (Å²) in [5.74, 6) is -0.398. The van der Waals surface area contributed by atoms with Crippen molar-refractivity contribution in [1.82, 2.24) is 0 Å². The standard InChI is InChI=1S/C21H28O3/c1-3-4-5-6-7-8-9-10-12-16-15(2)20(23)17-13-11-14-18(22)19(17)21(16)24/h11,13-14,22H,3-10,12H2,1-2H3. The highest BCUT2D eigenvalue weighted by molar-refractivity contribution is 6.27. The van der Waals surface area contributed by atoms with Gasteiger partial charge in [0.15, 0.2) is 11.6 Å². The van der Waals surface area contributed by atoms with Gasteiger partial charge in [0.05, 0.1) is 5.56 Å². The van der Waals surface area contributed by atoms with E-state index in [0.29, 0.717) is 23.1 Å². The van der Waals surface area contributed by atoms with Crippen molar-refractivity contribution in [3.05, 3.63) is 40.5 Å². The molecule has 1 aromatic rings. The van der Waals surface area contributed by atoms with E-state index in [2.05, 4.69) is 6.92 Å². The predicted molar refractivity (Wildman–Crippen MR) is 96.7 cm³/mol. The van der Waals surface area contributed by atoms with Gasteiger partial charge in [0, 0.05) is 16.7 Å². The summed E-state index contributed by atoms with van der Waals surface area (Å²) in [5, 5.41) is 9.97. The molecule has 1 N–H and O–H groups in total. The SMILES string of the molecule is CCCCCCCCCCC1=C(C)C(=O)c2cccc(O)c2C1=O. The minimum Gasteiger partial charge on any atom is -0.507 e. The lowest BCUT2D eigenvalue weighted by molar-refractivity contribution is 0.0969. The van der Waals surface area contributed by atoms with E-state index in [9.17, 15) is 14.7 Å². The molecule has 0 unspecified atom stereocenters. The van der Waals surface area contributed by atoms with Crippen LogP contribution in [0.2, 0.25) is 0 Å². The summed E-state index contributed by atoms with van der Waals surface area (Å²) in [7, 11) is 0. The van der Waals surface area contributed by atoms with E-state index in [1.807, 2.05) is 0 Å². The number of allylic oxidation sites excluding steroid dienone is 2. The number of fused-ring (bicyclic) bond motifs is 1. The Balaban J connectivity index is 1.91. The number of hydrogen-bond donors (Lipinski definition) is 1. The smallest absolute Gasteiger partial charge is 0.193 e. The van der Waals surface area contributed by atoms with Gasteiger partial charge in [-0.2, -0.15) is 0 Å². The second-order valence-electron chi connectivity index (χ2n) is 6.69. The number of ketones is 2. The molecule has 1 aromatic carbocycles. The normalized spacial score (nSPS) is 14.2. The van der Waals surface area contributed by atoms with E-state index >= 15 is 0 Å². The molecule has 0 spiro atoms. The number of benzene rings is 1. The monoisotopic (exact) mass is 328 g/mol. The summed E-state index contributed by atoms with van der Waals surface area (Å²) in [6, 6.07) is 4.70. The molecule has 0 radical (unpaired) electrons. The van der Waals surface area contributed by atoms with Crippen LogP contribution in [0.5, 0.6) is 5.75 Å². The number of hydrogen-bond acceptors (Lipinski definition) is 3. The number of aromatic hydroxyl groups is 1. The molecule has 0 heterocycles. The second kappa shape index (κ2) is 8.81. The van der Waals surface area contributed by atoms with Gasteiger partial charge in [-0.15, -0.1) is 0 Å². The molecule has 1 aliphatic carbocycles. The first-order valence-electron chi connectivity index (χ1n) is 9.19. The highest BCUT2D eigenvalue weighted by atomic mass is 16.3. The fraction of sp³-hybridized carbons (Fsp3) is 0.524. The zero-order valence-corrected chi connectivity index (χ0v) is 14.9. The molecule has 0 fully saturated rings. The quantitative estimate of drug-likeness (QED) is 0.599. The highest BCUT2D eigenvalue weighted by Crippen LogP contribution is 2.33. The van der Waals surface area contributed by atoms with Crippen LogP contribution in [0.4, 0.5) is 0 Å². The van der Waals surface area contributed by atoms with Gasteiger partial charge in [0.25, 0.3) is 0 Å². The Morgan fingerprint density at radius 3 is 2.17 bits per heavy atom. The van der Waals surface area contributed by atoms with Crippen LogP contribution in [0, 0.1) is 0 Å². The molecule has 0 aromatic heterocycles. The third kappa shape index (κ3) is 4.14. The molecular formula is C21H28O3. The van der Waals surface area contributed by atoms with Crippen LogP contribution in [0.3, 0.4) is 0 Å². The molecule has 0 saturated carbocycles. The molecule has 1 aliphatic rings. The average Bonchev–Trinajstić information content (AvgIpc) is 2.57. The maximum Gasteiger partial charge on any atom is 0.193 e. The molecule has 0 aliphatic heterocycles. The van der Waals surface area contributed by atoms with Crippen LogP contribution >= 0.6 is 0 Å². The highest BCUT2D eigenvalue weighted by Gasteiger charge is 2.31. The van der Waals surface area contributed by atoms with Crippen LogP contribution in [-0.2, 0) is 0 Å². The number of phenolic OH excluding ortho intramolecular Hbond substituents is 1.